The van der Waals surface area contributed by atoms with E-state index in [-0.39, 0.29) is 0 Å². The first-order valence-electron chi connectivity index (χ1n) is 9.42. The van der Waals surface area contributed by atoms with Crippen LogP contribution in [-0.2, 0) is 0 Å². The number of anilines is 1. The Morgan fingerprint density at radius 2 is 1.89 bits per heavy atom. The lowest BCUT2D eigenvalue weighted by Crippen LogP contribution is -2.46. The Balaban J connectivity index is 1.16. The molecule has 0 atom stereocenters. The van der Waals surface area contributed by atoms with Crippen LogP contribution in [0.3, 0.4) is 0 Å². The number of halogens is 2. The van der Waals surface area contributed by atoms with Crippen LogP contribution in [-0.4, -0.2) is 64.3 Å². The van der Waals surface area contributed by atoms with Crippen molar-refractivity contribution in [2.75, 3.05) is 44.2 Å². The average Bonchev–Trinajstić information content (AvgIpc) is 3.18. The van der Waals surface area contributed by atoms with Gasteiger partial charge in [-0.2, -0.15) is 0 Å². The maximum absolute atomic E-state index is 6.34. The summed E-state index contributed by atoms with van der Waals surface area (Å²) in [6.45, 7) is 5.75. The van der Waals surface area contributed by atoms with Gasteiger partial charge in [-0.05, 0) is 48.0 Å². The first-order valence-corrected chi connectivity index (χ1v) is 10.2. The molecule has 0 amide bonds. The van der Waals surface area contributed by atoms with Crippen LogP contribution in [0.15, 0.2) is 36.5 Å². The third-order valence-electron chi connectivity index (χ3n) is 4.95. The van der Waals surface area contributed by atoms with Crippen molar-refractivity contribution in [1.29, 1.82) is 0 Å². The van der Waals surface area contributed by atoms with Crippen LogP contribution in [0.1, 0.15) is 12.8 Å². The highest BCUT2D eigenvalue weighted by Crippen LogP contribution is 2.32. The van der Waals surface area contributed by atoms with Gasteiger partial charge in [-0.15, -0.1) is 5.10 Å². The molecule has 0 aliphatic carbocycles. The fourth-order valence-corrected chi connectivity index (χ4v) is 3.80. The minimum Gasteiger partial charge on any atom is -0.493 e. The van der Waals surface area contributed by atoms with E-state index in [4.69, 9.17) is 27.9 Å². The minimum atomic E-state index is 0.612. The third-order valence-corrected chi connectivity index (χ3v) is 5.76. The van der Waals surface area contributed by atoms with Crippen LogP contribution >= 0.6 is 23.2 Å². The zero-order valence-corrected chi connectivity index (χ0v) is 17.0. The Labute approximate surface area is 173 Å². The molecule has 0 N–H and O–H groups in total. The molecule has 0 saturated carbocycles. The molecule has 0 spiro atoms. The SMILES string of the molecule is Clc1cccc(N2CCN(CCCCOc3ccn4nnnc4c3)CC2)c1Cl. The van der Waals surface area contributed by atoms with E-state index in [1.165, 1.54) is 0 Å². The van der Waals surface area contributed by atoms with Gasteiger partial charge in [0.2, 0.25) is 0 Å². The number of tetrazole rings is 1. The molecule has 7 nitrogen and oxygen atoms in total. The number of aromatic nitrogens is 4. The number of hydrogen-bond acceptors (Lipinski definition) is 6. The van der Waals surface area contributed by atoms with Crippen molar-refractivity contribution in [3.8, 4) is 5.75 Å². The Hall–Kier alpha value is -2.09. The van der Waals surface area contributed by atoms with Gasteiger partial charge in [0.25, 0.3) is 0 Å². The van der Waals surface area contributed by atoms with Crippen molar-refractivity contribution in [2.24, 2.45) is 0 Å². The molecular weight excluding hydrogens is 399 g/mol. The van der Waals surface area contributed by atoms with Gasteiger partial charge < -0.3 is 9.64 Å². The standard InChI is InChI=1S/C19H22Cl2N6O/c20-16-4-3-5-17(19(16)21)26-11-9-25(10-12-26)7-1-2-13-28-15-6-8-27-18(14-15)22-23-24-27/h3-6,8,14H,1-2,7,9-13H2. The summed E-state index contributed by atoms with van der Waals surface area (Å²) < 4.78 is 7.42. The van der Waals surface area contributed by atoms with E-state index >= 15 is 0 Å². The van der Waals surface area contributed by atoms with E-state index in [9.17, 15) is 0 Å². The average molecular weight is 421 g/mol. The highest BCUT2D eigenvalue weighted by Gasteiger charge is 2.19. The summed E-state index contributed by atoms with van der Waals surface area (Å²) in [6.07, 6.45) is 3.92. The smallest absolute Gasteiger partial charge is 0.182 e. The topological polar surface area (TPSA) is 58.8 Å². The van der Waals surface area contributed by atoms with E-state index in [0.29, 0.717) is 22.3 Å². The van der Waals surface area contributed by atoms with Crippen LogP contribution in [0.5, 0.6) is 5.75 Å². The predicted molar refractivity (Wildman–Crippen MR) is 111 cm³/mol. The minimum absolute atomic E-state index is 0.612. The van der Waals surface area contributed by atoms with E-state index in [2.05, 4.69) is 25.3 Å². The molecule has 1 aliphatic heterocycles. The quantitative estimate of drug-likeness (QED) is 0.545. The van der Waals surface area contributed by atoms with Gasteiger partial charge >= 0.3 is 0 Å². The summed E-state index contributed by atoms with van der Waals surface area (Å²) in [5, 5.41) is 12.6. The summed E-state index contributed by atoms with van der Waals surface area (Å²) in [7, 11) is 0. The van der Waals surface area contributed by atoms with Crippen molar-refractivity contribution >= 4 is 34.5 Å². The summed E-state index contributed by atoms with van der Waals surface area (Å²) in [6, 6.07) is 9.54. The molecule has 1 saturated heterocycles. The van der Waals surface area contributed by atoms with Gasteiger partial charge in [-0.1, -0.05) is 29.3 Å². The Morgan fingerprint density at radius 1 is 1.04 bits per heavy atom. The number of piperazine rings is 1. The fraction of sp³-hybridized carbons (Fsp3) is 0.421. The van der Waals surface area contributed by atoms with Gasteiger partial charge in [0.1, 0.15) is 5.75 Å². The molecule has 0 unspecified atom stereocenters. The molecule has 3 aromatic rings. The molecule has 0 radical (unpaired) electrons. The number of ether oxygens (including phenoxy) is 1. The zero-order valence-electron chi connectivity index (χ0n) is 15.5. The van der Waals surface area contributed by atoms with Crippen LogP contribution in [0.2, 0.25) is 10.0 Å². The second kappa shape index (κ2) is 8.94. The number of benzene rings is 1. The lowest BCUT2D eigenvalue weighted by atomic mass is 10.2. The fourth-order valence-electron chi connectivity index (χ4n) is 3.39. The van der Waals surface area contributed by atoms with E-state index in [1.54, 1.807) is 10.7 Å². The van der Waals surface area contributed by atoms with Gasteiger partial charge in [0.05, 0.1) is 22.3 Å². The van der Waals surface area contributed by atoms with Gasteiger partial charge in [-0.25, -0.2) is 4.52 Å². The molecule has 9 heteroatoms. The number of hydrogen-bond donors (Lipinski definition) is 0. The van der Waals surface area contributed by atoms with Crippen LogP contribution < -0.4 is 9.64 Å². The first-order chi connectivity index (χ1) is 13.7. The molecule has 28 heavy (non-hydrogen) atoms. The number of fused-ring (bicyclic) bond motifs is 1. The number of rotatable bonds is 7. The van der Waals surface area contributed by atoms with Crippen molar-refractivity contribution < 1.29 is 4.74 Å². The number of pyridine rings is 1. The third kappa shape index (κ3) is 4.48. The molecule has 4 rings (SSSR count). The van der Waals surface area contributed by atoms with Crippen molar-refractivity contribution in [1.82, 2.24) is 24.9 Å². The zero-order chi connectivity index (χ0) is 19.3. The van der Waals surface area contributed by atoms with Crippen LogP contribution in [0.25, 0.3) is 5.65 Å². The Bertz CT molecular complexity index is 926. The summed E-state index contributed by atoms with van der Waals surface area (Å²) in [5.41, 5.74) is 1.72. The highest BCUT2D eigenvalue weighted by molar-refractivity contribution is 6.43. The predicted octanol–water partition coefficient (Wildman–Crippen LogP) is 3.41. The number of unbranched alkanes of at least 4 members (excludes halogenated alkanes) is 1. The largest absolute Gasteiger partial charge is 0.493 e. The number of nitrogens with zero attached hydrogens (tertiary/aromatic N) is 6. The molecule has 3 heterocycles. The molecule has 148 valence electrons. The second-order valence-electron chi connectivity index (χ2n) is 6.80. The summed E-state index contributed by atoms with van der Waals surface area (Å²) in [4.78, 5) is 4.80. The molecule has 0 bridgehead atoms. The van der Waals surface area contributed by atoms with Gasteiger partial charge in [-0.3, -0.25) is 4.90 Å². The van der Waals surface area contributed by atoms with E-state index in [0.717, 1.165) is 57.0 Å². The van der Waals surface area contributed by atoms with Crippen molar-refractivity contribution in [2.45, 2.75) is 12.8 Å². The van der Waals surface area contributed by atoms with E-state index < -0.39 is 0 Å². The maximum Gasteiger partial charge on any atom is 0.182 e. The molecular formula is C19H22Cl2N6O. The Morgan fingerprint density at radius 3 is 2.75 bits per heavy atom. The molecule has 1 fully saturated rings. The molecule has 2 aromatic heterocycles. The Kier molecular flexibility index (Phi) is 6.14. The van der Waals surface area contributed by atoms with Gasteiger partial charge in [0.15, 0.2) is 5.65 Å². The normalized spacial score (nSPS) is 15.3. The maximum atomic E-state index is 6.34. The van der Waals surface area contributed by atoms with Gasteiger partial charge in [0, 0.05) is 38.4 Å². The van der Waals surface area contributed by atoms with Crippen molar-refractivity contribution in [3.05, 3.63) is 46.6 Å². The lowest BCUT2D eigenvalue weighted by Gasteiger charge is -2.36. The van der Waals surface area contributed by atoms with E-state index in [1.807, 2.05) is 30.3 Å². The molecule has 1 aromatic carbocycles. The first kappa shape index (κ1) is 19.2. The summed E-state index contributed by atoms with van der Waals surface area (Å²) in [5.74, 6) is 0.800. The summed E-state index contributed by atoms with van der Waals surface area (Å²) >= 11 is 12.5. The van der Waals surface area contributed by atoms with Crippen LogP contribution in [0, 0.1) is 0 Å². The lowest BCUT2D eigenvalue weighted by molar-refractivity contribution is 0.238. The highest BCUT2D eigenvalue weighted by atomic mass is 35.5. The monoisotopic (exact) mass is 420 g/mol. The van der Waals surface area contributed by atoms with Crippen LogP contribution in [0.4, 0.5) is 5.69 Å². The van der Waals surface area contributed by atoms with Crippen molar-refractivity contribution in [3.63, 3.8) is 0 Å². The molecule has 1 aliphatic rings. The second-order valence-corrected chi connectivity index (χ2v) is 7.59.